The second kappa shape index (κ2) is 5.54. The largest absolute Gasteiger partial charge is 0.497 e. The van der Waals surface area contributed by atoms with E-state index in [1.807, 2.05) is 25.1 Å². The molecule has 6 heteroatoms. The Morgan fingerprint density at radius 2 is 2.17 bits per heavy atom. The van der Waals surface area contributed by atoms with E-state index in [0.717, 1.165) is 21.5 Å². The lowest BCUT2D eigenvalue weighted by atomic mass is 10.3. The van der Waals surface area contributed by atoms with Gasteiger partial charge in [0.25, 0.3) is 0 Å². The smallest absolute Gasteiger partial charge is 0.224 e. The number of halogens is 2. The second-order valence-electron chi connectivity index (χ2n) is 3.64. The number of hydrogen-bond acceptors (Lipinski definition) is 4. The summed E-state index contributed by atoms with van der Waals surface area (Å²) in [5.74, 6) is 1.43. The zero-order chi connectivity index (χ0) is 13.1. The fourth-order valence-electron chi connectivity index (χ4n) is 1.40. The summed E-state index contributed by atoms with van der Waals surface area (Å²) in [7, 11) is 1.62. The fraction of sp³-hybridized carbons (Fsp3) is 0.167. The third-order valence-corrected chi connectivity index (χ3v) is 3.24. The zero-order valence-corrected chi connectivity index (χ0v) is 12.2. The molecule has 0 amide bonds. The highest BCUT2D eigenvalue weighted by atomic mass is 79.9. The van der Waals surface area contributed by atoms with Crippen molar-refractivity contribution in [3.8, 4) is 5.75 Å². The Bertz CT molecular complexity index is 577. The molecular formula is C12H11BrClN3O. The first-order valence-electron chi connectivity index (χ1n) is 5.20. The van der Waals surface area contributed by atoms with E-state index in [0.29, 0.717) is 5.82 Å². The molecule has 1 N–H and O–H groups in total. The number of nitrogens with zero attached hydrogens (tertiary/aromatic N) is 2. The molecule has 0 saturated heterocycles. The van der Waals surface area contributed by atoms with Gasteiger partial charge in [-0.25, -0.2) is 9.97 Å². The van der Waals surface area contributed by atoms with Crippen molar-refractivity contribution < 1.29 is 4.74 Å². The quantitative estimate of drug-likeness (QED) is 0.867. The lowest BCUT2D eigenvalue weighted by Gasteiger charge is -2.11. The molecule has 0 spiro atoms. The average Bonchev–Trinajstić information content (AvgIpc) is 2.36. The van der Waals surface area contributed by atoms with Crippen LogP contribution in [0.2, 0.25) is 5.28 Å². The maximum atomic E-state index is 5.78. The van der Waals surface area contributed by atoms with E-state index in [1.54, 1.807) is 13.3 Å². The normalized spacial score (nSPS) is 10.2. The Morgan fingerprint density at radius 1 is 1.39 bits per heavy atom. The highest BCUT2D eigenvalue weighted by Crippen LogP contribution is 2.30. The molecule has 0 aliphatic rings. The SMILES string of the molecule is COc1ccc(Br)c(Nc2nc(Cl)ncc2C)c1. The first kappa shape index (κ1) is 13.1. The van der Waals surface area contributed by atoms with Crippen LogP contribution >= 0.6 is 27.5 Å². The van der Waals surface area contributed by atoms with Crippen LogP contribution in [0.15, 0.2) is 28.9 Å². The van der Waals surface area contributed by atoms with Crippen LogP contribution in [0.25, 0.3) is 0 Å². The molecule has 2 rings (SSSR count). The number of hydrogen-bond donors (Lipinski definition) is 1. The number of nitrogens with one attached hydrogen (secondary N) is 1. The van der Waals surface area contributed by atoms with Crippen LogP contribution in [0, 0.1) is 6.92 Å². The molecule has 0 bridgehead atoms. The molecule has 1 aromatic carbocycles. The van der Waals surface area contributed by atoms with Gasteiger partial charge in [0.2, 0.25) is 5.28 Å². The maximum Gasteiger partial charge on any atom is 0.224 e. The third kappa shape index (κ3) is 2.91. The van der Waals surface area contributed by atoms with Crippen molar-refractivity contribution in [2.45, 2.75) is 6.92 Å². The van der Waals surface area contributed by atoms with Gasteiger partial charge in [-0.3, -0.25) is 0 Å². The summed E-state index contributed by atoms with van der Waals surface area (Å²) < 4.78 is 6.10. The molecule has 2 aromatic rings. The summed E-state index contributed by atoms with van der Waals surface area (Å²) in [6.07, 6.45) is 1.67. The molecule has 0 radical (unpaired) electrons. The van der Waals surface area contributed by atoms with Gasteiger partial charge in [0.1, 0.15) is 11.6 Å². The van der Waals surface area contributed by atoms with Crippen molar-refractivity contribution >= 4 is 39.0 Å². The minimum atomic E-state index is 0.210. The van der Waals surface area contributed by atoms with Crippen LogP contribution in [0.4, 0.5) is 11.5 Å². The minimum absolute atomic E-state index is 0.210. The van der Waals surface area contributed by atoms with Gasteiger partial charge >= 0.3 is 0 Å². The van der Waals surface area contributed by atoms with Crippen molar-refractivity contribution in [3.05, 3.63) is 39.7 Å². The first-order valence-corrected chi connectivity index (χ1v) is 6.37. The van der Waals surface area contributed by atoms with Crippen molar-refractivity contribution in [1.82, 2.24) is 9.97 Å². The number of rotatable bonds is 3. The molecule has 0 aliphatic heterocycles. The summed E-state index contributed by atoms with van der Waals surface area (Å²) in [4.78, 5) is 8.06. The highest BCUT2D eigenvalue weighted by Gasteiger charge is 2.07. The number of methoxy groups -OCH3 is 1. The van der Waals surface area contributed by atoms with Gasteiger partial charge in [-0.2, -0.15) is 0 Å². The average molecular weight is 329 g/mol. The van der Waals surface area contributed by atoms with Gasteiger partial charge in [-0.05, 0) is 46.6 Å². The Labute approximate surface area is 118 Å². The van der Waals surface area contributed by atoms with Gasteiger partial charge in [-0.15, -0.1) is 0 Å². The lowest BCUT2D eigenvalue weighted by molar-refractivity contribution is 0.415. The number of ether oxygens (including phenoxy) is 1. The van der Waals surface area contributed by atoms with Gasteiger partial charge < -0.3 is 10.1 Å². The van der Waals surface area contributed by atoms with Crippen LogP contribution < -0.4 is 10.1 Å². The van der Waals surface area contributed by atoms with E-state index in [1.165, 1.54) is 0 Å². The molecule has 0 saturated carbocycles. The molecule has 0 unspecified atom stereocenters. The minimum Gasteiger partial charge on any atom is -0.497 e. The molecule has 0 atom stereocenters. The van der Waals surface area contributed by atoms with Crippen LogP contribution in [0.1, 0.15) is 5.56 Å². The molecule has 18 heavy (non-hydrogen) atoms. The predicted octanol–water partition coefficient (Wildman–Crippen LogP) is 3.95. The topological polar surface area (TPSA) is 47.0 Å². The Morgan fingerprint density at radius 3 is 2.89 bits per heavy atom. The third-order valence-electron chi connectivity index (χ3n) is 2.37. The highest BCUT2D eigenvalue weighted by molar-refractivity contribution is 9.10. The van der Waals surface area contributed by atoms with Gasteiger partial charge in [0.15, 0.2) is 0 Å². The molecule has 0 aliphatic carbocycles. The summed E-state index contributed by atoms with van der Waals surface area (Å²) in [5.41, 5.74) is 1.77. The van der Waals surface area contributed by atoms with Crippen molar-refractivity contribution in [2.75, 3.05) is 12.4 Å². The Kier molecular flexibility index (Phi) is 4.04. The first-order chi connectivity index (χ1) is 8.60. The van der Waals surface area contributed by atoms with E-state index in [2.05, 4.69) is 31.2 Å². The van der Waals surface area contributed by atoms with Crippen LogP contribution in [-0.4, -0.2) is 17.1 Å². The number of anilines is 2. The van der Waals surface area contributed by atoms with E-state index in [4.69, 9.17) is 16.3 Å². The maximum absolute atomic E-state index is 5.78. The zero-order valence-electron chi connectivity index (χ0n) is 9.87. The number of benzene rings is 1. The molecule has 4 nitrogen and oxygen atoms in total. The predicted molar refractivity (Wildman–Crippen MR) is 75.8 cm³/mol. The molecule has 1 aromatic heterocycles. The fourth-order valence-corrected chi connectivity index (χ4v) is 1.88. The van der Waals surface area contributed by atoms with Gasteiger partial charge in [0, 0.05) is 22.3 Å². The Hall–Kier alpha value is -1.33. The van der Waals surface area contributed by atoms with Crippen molar-refractivity contribution in [2.24, 2.45) is 0 Å². The van der Waals surface area contributed by atoms with E-state index < -0.39 is 0 Å². The monoisotopic (exact) mass is 327 g/mol. The summed E-state index contributed by atoms with van der Waals surface area (Å²) in [5, 5.41) is 3.40. The molecule has 0 fully saturated rings. The van der Waals surface area contributed by atoms with E-state index in [9.17, 15) is 0 Å². The van der Waals surface area contributed by atoms with Crippen molar-refractivity contribution in [3.63, 3.8) is 0 Å². The standard InChI is InChI=1S/C12H11BrClN3O/c1-7-6-15-12(14)17-11(7)16-10-5-8(18-2)3-4-9(10)13/h3-6H,1-2H3,(H,15,16,17). The Balaban J connectivity index is 2.36. The van der Waals surface area contributed by atoms with Crippen LogP contribution in [0.3, 0.4) is 0 Å². The van der Waals surface area contributed by atoms with Gasteiger partial charge in [-0.1, -0.05) is 0 Å². The molecule has 1 heterocycles. The van der Waals surface area contributed by atoms with Crippen LogP contribution in [0.5, 0.6) is 5.75 Å². The summed E-state index contributed by atoms with van der Waals surface area (Å²) >= 11 is 9.25. The summed E-state index contributed by atoms with van der Waals surface area (Å²) in [6.45, 7) is 1.91. The second-order valence-corrected chi connectivity index (χ2v) is 4.83. The van der Waals surface area contributed by atoms with Gasteiger partial charge in [0.05, 0.1) is 12.8 Å². The van der Waals surface area contributed by atoms with E-state index in [-0.39, 0.29) is 5.28 Å². The van der Waals surface area contributed by atoms with Crippen molar-refractivity contribution in [1.29, 1.82) is 0 Å². The summed E-state index contributed by atoms with van der Waals surface area (Å²) in [6, 6.07) is 5.65. The lowest BCUT2D eigenvalue weighted by Crippen LogP contribution is -1.99. The number of aromatic nitrogens is 2. The molecule has 94 valence electrons. The van der Waals surface area contributed by atoms with E-state index >= 15 is 0 Å². The molecular weight excluding hydrogens is 318 g/mol. The number of aryl methyl sites for hydroxylation is 1. The van der Waals surface area contributed by atoms with Crippen LogP contribution in [-0.2, 0) is 0 Å².